The topological polar surface area (TPSA) is 169 Å². The summed E-state index contributed by atoms with van der Waals surface area (Å²) >= 11 is 0. The van der Waals surface area contributed by atoms with Gasteiger partial charge >= 0.3 is 0 Å². The summed E-state index contributed by atoms with van der Waals surface area (Å²) in [6, 6.07) is 13.7. The lowest BCUT2D eigenvalue weighted by molar-refractivity contribution is -0.136. The van der Waals surface area contributed by atoms with E-state index in [4.69, 9.17) is 14.7 Å². The Hall–Kier alpha value is -6.49. The van der Waals surface area contributed by atoms with Crippen LogP contribution in [0.25, 0.3) is 0 Å². The minimum Gasteiger partial charge on any atom is -0.480 e. The summed E-state index contributed by atoms with van der Waals surface area (Å²) < 4.78 is 8.03. The fourth-order valence-electron chi connectivity index (χ4n) is 12.6. The Bertz CT molecular complexity index is 2730. The van der Waals surface area contributed by atoms with Gasteiger partial charge < -0.3 is 34.2 Å². The highest BCUT2D eigenvalue weighted by atomic mass is 16.5. The molecule has 3 aromatic heterocycles. The zero-order valence-corrected chi connectivity index (χ0v) is 40.4. The number of ether oxygens (including phenoxy) is 1. The molecule has 6 aliphatic heterocycles. The lowest BCUT2D eigenvalue weighted by Crippen LogP contribution is -2.58. The molecular formula is C52H63N11O6. The molecule has 17 heteroatoms. The summed E-state index contributed by atoms with van der Waals surface area (Å²) in [7, 11) is 1.63. The molecule has 69 heavy (non-hydrogen) atoms. The summed E-state index contributed by atoms with van der Waals surface area (Å²) in [4.78, 5) is 87.5. The van der Waals surface area contributed by atoms with E-state index in [0.29, 0.717) is 28.9 Å². The van der Waals surface area contributed by atoms with Crippen molar-refractivity contribution in [1.82, 2.24) is 34.6 Å². The van der Waals surface area contributed by atoms with Crippen molar-refractivity contribution < 1.29 is 28.7 Å². The average molecular weight is 938 g/mol. The van der Waals surface area contributed by atoms with Crippen LogP contribution in [0, 0.1) is 5.41 Å². The first-order valence-electron chi connectivity index (χ1n) is 24.9. The first kappa shape index (κ1) is 45.0. The van der Waals surface area contributed by atoms with E-state index in [1.165, 1.54) is 11.3 Å². The summed E-state index contributed by atoms with van der Waals surface area (Å²) in [6.45, 7) is 16.0. The number of aromatic nitrogens is 3. The van der Waals surface area contributed by atoms with Crippen molar-refractivity contribution in [2.24, 2.45) is 5.41 Å². The zero-order valence-electron chi connectivity index (χ0n) is 40.4. The molecule has 0 saturated carbocycles. The van der Waals surface area contributed by atoms with Gasteiger partial charge in [-0.15, -0.1) is 0 Å². The predicted molar refractivity (Wildman–Crippen MR) is 262 cm³/mol. The van der Waals surface area contributed by atoms with Gasteiger partial charge in [0.2, 0.25) is 17.7 Å². The summed E-state index contributed by atoms with van der Waals surface area (Å²) in [5.41, 5.74) is 8.10. The number of amides is 5. The molecule has 4 fully saturated rings. The second kappa shape index (κ2) is 17.5. The SMILES string of the molecule is COc1ncc(N2CCC[C@H](N3CCn4c(cc5c4CC(C)(C)C5)C3=O)[C@@H]2C)cc1Nc1ccc(N2CCN(C3CCN(c4ccc5c(c4)C(=O)N(C4CCC(=O)NC4=O)C5=O)CC3)C[C@@H]2C)cn1. The van der Waals surface area contributed by atoms with Crippen molar-refractivity contribution in [2.75, 3.05) is 72.9 Å². The molecule has 9 heterocycles. The normalized spacial score (nSPS) is 25.2. The molecule has 362 valence electrons. The lowest BCUT2D eigenvalue weighted by atomic mass is 9.90. The van der Waals surface area contributed by atoms with E-state index in [-0.39, 0.29) is 48.2 Å². The largest absolute Gasteiger partial charge is 0.480 e. The van der Waals surface area contributed by atoms with Crippen LogP contribution < -0.4 is 30.1 Å². The second-order valence-corrected chi connectivity index (χ2v) is 21.0. The van der Waals surface area contributed by atoms with Crippen molar-refractivity contribution in [3.63, 3.8) is 0 Å². The van der Waals surface area contributed by atoms with Gasteiger partial charge in [0.1, 0.15) is 23.2 Å². The number of anilines is 5. The molecule has 0 spiro atoms. The maximum atomic E-state index is 14.1. The van der Waals surface area contributed by atoms with Gasteiger partial charge in [-0.3, -0.25) is 39.1 Å². The monoisotopic (exact) mass is 937 g/mol. The average Bonchev–Trinajstić information content (AvgIpc) is 3.93. The fourth-order valence-corrected chi connectivity index (χ4v) is 12.6. The Labute approximate surface area is 403 Å². The van der Waals surface area contributed by atoms with E-state index >= 15 is 0 Å². The highest BCUT2D eigenvalue weighted by Gasteiger charge is 2.46. The zero-order chi connectivity index (χ0) is 47.9. The molecule has 17 nitrogen and oxygen atoms in total. The number of hydrogen-bond acceptors (Lipinski definition) is 13. The number of benzene rings is 1. The molecule has 4 saturated heterocycles. The van der Waals surface area contributed by atoms with E-state index in [9.17, 15) is 24.0 Å². The van der Waals surface area contributed by atoms with Crippen LogP contribution in [0.5, 0.6) is 5.88 Å². The number of carbonyl (C=O) groups is 5. The van der Waals surface area contributed by atoms with Gasteiger partial charge in [-0.2, -0.15) is 0 Å². The van der Waals surface area contributed by atoms with E-state index in [2.05, 4.69) is 85.6 Å². The maximum absolute atomic E-state index is 14.1. The molecule has 1 aliphatic carbocycles. The standard InChI is InChI=1S/C52H63N11O6/c1-31-30-58(34-14-17-57(18-15-34)35-8-10-38-39(24-35)50(67)63(49(38)66)42-11-13-46(64)56-47(42)65)19-20-59(31)36-9-12-45(53-28-36)55-40-25-37(29-54-48(40)69-5)60-16-6-7-41(32(60)2)62-22-21-61-43(51(62)68)23-33-26-52(3,4)27-44(33)61/h8-10,12,23-25,28-29,31-32,34,41-42H,6-7,11,13-22,26-27,30H2,1-5H3,(H,53,55)(H,56,64,65)/t31-,32-,41-,42?/m0/s1. The molecule has 11 rings (SSSR count). The highest BCUT2D eigenvalue weighted by Crippen LogP contribution is 2.41. The van der Waals surface area contributed by atoms with Crippen LogP contribution in [-0.4, -0.2) is 142 Å². The number of carbonyl (C=O) groups excluding carboxylic acids is 5. The van der Waals surface area contributed by atoms with Crippen LogP contribution in [0.2, 0.25) is 0 Å². The van der Waals surface area contributed by atoms with Crippen molar-refractivity contribution in [3.05, 3.63) is 82.9 Å². The molecule has 4 atom stereocenters. The smallest absolute Gasteiger partial charge is 0.270 e. The number of piperazine rings is 1. The number of nitrogens with one attached hydrogen (secondary N) is 2. The van der Waals surface area contributed by atoms with E-state index < -0.39 is 23.8 Å². The van der Waals surface area contributed by atoms with Crippen molar-refractivity contribution in [2.45, 2.75) is 116 Å². The number of nitrogens with zero attached hydrogens (tertiary/aromatic N) is 9. The first-order valence-corrected chi connectivity index (χ1v) is 24.9. The summed E-state index contributed by atoms with van der Waals surface area (Å²) in [5.74, 6) is -0.621. The number of piperidine rings is 3. The van der Waals surface area contributed by atoms with Gasteiger partial charge in [0.15, 0.2) is 0 Å². The third kappa shape index (κ3) is 8.05. The van der Waals surface area contributed by atoms with Crippen LogP contribution in [0.3, 0.4) is 0 Å². The van der Waals surface area contributed by atoms with Gasteiger partial charge in [-0.25, -0.2) is 9.97 Å². The minimum atomic E-state index is -0.977. The van der Waals surface area contributed by atoms with Crippen molar-refractivity contribution in [1.29, 1.82) is 0 Å². The third-order valence-electron chi connectivity index (χ3n) is 16.1. The van der Waals surface area contributed by atoms with Crippen molar-refractivity contribution >= 4 is 58.1 Å². The van der Waals surface area contributed by atoms with Crippen LogP contribution >= 0.6 is 0 Å². The van der Waals surface area contributed by atoms with E-state index in [1.807, 2.05) is 24.5 Å². The third-order valence-corrected chi connectivity index (χ3v) is 16.1. The maximum Gasteiger partial charge on any atom is 0.270 e. The van der Waals surface area contributed by atoms with Gasteiger partial charge in [0.05, 0.1) is 48.0 Å². The number of pyridine rings is 2. The fraction of sp³-hybridized carbons (Fsp3) is 0.519. The van der Waals surface area contributed by atoms with Crippen LogP contribution in [0.4, 0.5) is 28.6 Å². The molecule has 0 bridgehead atoms. The lowest BCUT2D eigenvalue weighted by Gasteiger charge is -2.47. The number of fused-ring (bicyclic) bond motifs is 4. The molecule has 0 radical (unpaired) electrons. The molecule has 7 aliphatic rings. The molecule has 4 aromatic rings. The molecule has 2 N–H and O–H groups in total. The number of hydrogen-bond donors (Lipinski definition) is 2. The number of imide groups is 2. The number of rotatable bonds is 9. The van der Waals surface area contributed by atoms with Crippen LogP contribution in [-0.2, 0) is 29.0 Å². The van der Waals surface area contributed by atoms with E-state index in [0.717, 1.165) is 124 Å². The van der Waals surface area contributed by atoms with Crippen LogP contribution in [0.1, 0.15) is 109 Å². The Morgan fingerprint density at radius 3 is 2.26 bits per heavy atom. The predicted octanol–water partition coefficient (Wildman–Crippen LogP) is 5.25. The quantitative estimate of drug-likeness (QED) is 0.209. The van der Waals surface area contributed by atoms with Gasteiger partial charge in [0, 0.05) is 88.3 Å². The Kier molecular flexibility index (Phi) is 11.4. The first-order chi connectivity index (χ1) is 33.2. The van der Waals surface area contributed by atoms with Gasteiger partial charge in [-0.1, -0.05) is 13.8 Å². The minimum absolute atomic E-state index is 0.0913. The van der Waals surface area contributed by atoms with E-state index in [1.54, 1.807) is 19.2 Å². The Balaban J connectivity index is 0.690. The van der Waals surface area contributed by atoms with Crippen LogP contribution in [0.15, 0.2) is 54.9 Å². The molecule has 1 unspecified atom stereocenters. The molecule has 1 aromatic carbocycles. The van der Waals surface area contributed by atoms with Gasteiger partial charge in [0.25, 0.3) is 17.7 Å². The summed E-state index contributed by atoms with van der Waals surface area (Å²) in [5, 5.41) is 5.76. The molecular weight excluding hydrogens is 875 g/mol. The Morgan fingerprint density at radius 2 is 1.51 bits per heavy atom. The second-order valence-electron chi connectivity index (χ2n) is 21.0. The Morgan fingerprint density at radius 1 is 0.739 bits per heavy atom. The van der Waals surface area contributed by atoms with Gasteiger partial charge in [-0.05, 0) is 112 Å². The number of methoxy groups -OCH3 is 1. The summed E-state index contributed by atoms with van der Waals surface area (Å²) in [6.07, 6.45) is 10.0. The molecule has 5 amide bonds. The highest BCUT2D eigenvalue weighted by molar-refractivity contribution is 6.23. The van der Waals surface area contributed by atoms with Crippen molar-refractivity contribution in [3.8, 4) is 5.88 Å².